The topological polar surface area (TPSA) is 384 Å². The van der Waals surface area contributed by atoms with Gasteiger partial charge in [-0.1, -0.05) is 87.6 Å². The molecule has 1 saturated heterocycles. The first-order valence-electron chi connectivity index (χ1n) is 22.3. The lowest BCUT2D eigenvalue weighted by Crippen LogP contribution is -2.46. The van der Waals surface area contributed by atoms with E-state index in [4.69, 9.17) is 19.5 Å². The Hall–Kier alpha value is -3.52. The summed E-state index contributed by atoms with van der Waals surface area (Å²) in [6.07, 6.45) is 16.1. The van der Waals surface area contributed by atoms with Crippen LogP contribution in [-0.4, -0.2) is 134 Å². The summed E-state index contributed by atoms with van der Waals surface area (Å²) in [7, 11) is -16.5. The number of ether oxygens (including phenoxy) is 1. The highest BCUT2D eigenvalue weighted by molar-refractivity contribution is 8.13. The maximum absolute atomic E-state index is 12.7. The first-order valence-corrected chi connectivity index (χ1v) is 27.8. The molecular formula is C41H66N7O18P3S. The molecule has 2 unspecified atom stereocenters. The van der Waals surface area contributed by atoms with Crippen molar-refractivity contribution >= 4 is 69.1 Å². The minimum absolute atomic E-state index is 0.00946. The molecule has 0 radical (unpaired) electrons. The monoisotopic (exact) mass is 1070 g/mol. The fourth-order valence-corrected chi connectivity index (χ4v) is 9.96. The maximum atomic E-state index is 12.7. The van der Waals surface area contributed by atoms with Crippen molar-refractivity contribution in [1.82, 2.24) is 30.2 Å². The second-order valence-electron chi connectivity index (χ2n) is 16.4. The van der Waals surface area contributed by atoms with Crippen LogP contribution in [0, 0.1) is 5.41 Å². The Morgan fingerprint density at radius 1 is 0.914 bits per heavy atom. The number of anilines is 1. The van der Waals surface area contributed by atoms with Crippen LogP contribution in [0.25, 0.3) is 11.2 Å². The van der Waals surface area contributed by atoms with Gasteiger partial charge in [0.15, 0.2) is 22.8 Å². The fraction of sp³-hybridized carbons (Fsp3) is 0.610. The highest BCUT2D eigenvalue weighted by Crippen LogP contribution is 2.61. The molecule has 2 aromatic rings. The number of imidazole rings is 1. The van der Waals surface area contributed by atoms with Crippen LogP contribution in [0.15, 0.2) is 61.3 Å². The normalized spacial score (nSPS) is 20.7. The minimum atomic E-state index is -5.59. The summed E-state index contributed by atoms with van der Waals surface area (Å²) in [6.45, 7) is 2.47. The lowest BCUT2D eigenvalue weighted by molar-refractivity contribution is -0.137. The van der Waals surface area contributed by atoms with Gasteiger partial charge in [0.05, 0.1) is 25.6 Å². The molecule has 1 fully saturated rings. The number of allylic oxidation sites excluding steroid dienone is 8. The number of aliphatic hydroxyl groups is 3. The van der Waals surface area contributed by atoms with Gasteiger partial charge in [-0.25, -0.2) is 28.6 Å². The average Bonchev–Trinajstić information content (AvgIpc) is 3.84. The first kappa shape index (κ1) is 60.8. The van der Waals surface area contributed by atoms with Crippen molar-refractivity contribution in [3.63, 3.8) is 0 Å². The minimum Gasteiger partial charge on any atom is -0.393 e. The number of carbonyl (C=O) groups is 3. The Morgan fingerprint density at radius 2 is 1.56 bits per heavy atom. The van der Waals surface area contributed by atoms with Gasteiger partial charge in [0.1, 0.15) is 36.3 Å². The summed E-state index contributed by atoms with van der Waals surface area (Å²) >= 11 is 0.978. The molecule has 11 N–H and O–H groups in total. The number of hydrogen-bond acceptors (Lipinski definition) is 19. The molecule has 0 bridgehead atoms. The van der Waals surface area contributed by atoms with Crippen LogP contribution in [0.5, 0.6) is 0 Å². The van der Waals surface area contributed by atoms with Gasteiger partial charge in [-0.05, 0) is 44.9 Å². The number of hydrogen-bond donors (Lipinski definition) is 10. The fourth-order valence-electron chi connectivity index (χ4n) is 6.39. The summed E-state index contributed by atoms with van der Waals surface area (Å²) in [5.74, 6) is -1.26. The van der Waals surface area contributed by atoms with E-state index in [-0.39, 0.29) is 53.8 Å². The van der Waals surface area contributed by atoms with Gasteiger partial charge in [-0.2, -0.15) is 4.31 Å². The first-order chi connectivity index (χ1) is 32.9. The van der Waals surface area contributed by atoms with Gasteiger partial charge in [-0.3, -0.25) is 32.5 Å². The zero-order valence-corrected chi connectivity index (χ0v) is 42.6. The number of nitrogens with two attached hydrogens (primary N) is 1. The van der Waals surface area contributed by atoms with E-state index in [1.54, 1.807) is 0 Å². The number of fused-ring (bicyclic) bond motifs is 1. The quantitative estimate of drug-likeness (QED) is 0.0276. The summed E-state index contributed by atoms with van der Waals surface area (Å²) in [5, 5.41) is 36.6. The van der Waals surface area contributed by atoms with Gasteiger partial charge >= 0.3 is 23.5 Å². The molecule has 29 heteroatoms. The second-order valence-corrected chi connectivity index (χ2v) is 21.8. The van der Waals surface area contributed by atoms with Crippen LogP contribution in [-0.2, 0) is 50.7 Å². The summed E-state index contributed by atoms with van der Waals surface area (Å²) in [5.41, 5.74) is 4.24. The number of nitrogens with one attached hydrogen (secondary N) is 2. The number of unbranched alkanes of at least 4 members (excludes halogenated alkanes) is 2. The van der Waals surface area contributed by atoms with Gasteiger partial charge in [0.2, 0.25) is 11.8 Å². The lowest BCUT2D eigenvalue weighted by Gasteiger charge is -2.30. The Morgan fingerprint density at radius 3 is 2.21 bits per heavy atom. The Labute approximate surface area is 409 Å². The number of phosphoric ester groups is 3. The standard InChI is InChI=1S/C41H66N7O18P3S/c1-4-5-6-7-8-9-10-11-12-13-14-15-16-17-18-19-29(49)24-32(51)70-23-22-43-31(50)20-21-44-39(54)36(53)41(2,3)26-63-69(60,61)66-68(58,59)62-25-30-35(65-67(55,56)57)34(52)40(64-30)48-28-47-33-37(42)45-27-46-38(33)48/h5-6,8-9,11-12,14-15,27-30,34-36,40,49,52-53H,4,7,10,13,16-26H2,1-3H3,(H,43,50)(H,44,54)(H,58,59)(H,60,61)(H2,42,45,46)(H2,55,56,57)/b6-5-,9-8-,12-11-,15-14-/t29-,30+,34+,35+,36-,40+/m0/s1. The third-order valence-electron chi connectivity index (χ3n) is 10.0. The molecule has 1 aliphatic heterocycles. The second kappa shape index (κ2) is 29.9. The van der Waals surface area contributed by atoms with Crippen LogP contribution in [0.1, 0.15) is 91.2 Å². The lowest BCUT2D eigenvalue weighted by atomic mass is 9.87. The molecule has 8 atom stereocenters. The van der Waals surface area contributed by atoms with Crippen molar-refractivity contribution in [3.8, 4) is 0 Å². The van der Waals surface area contributed by atoms with Crippen molar-refractivity contribution in [1.29, 1.82) is 0 Å². The predicted octanol–water partition coefficient (Wildman–Crippen LogP) is 3.78. The number of rotatable bonds is 33. The molecule has 3 rings (SSSR count). The third kappa shape index (κ3) is 22.5. The predicted molar refractivity (Wildman–Crippen MR) is 257 cm³/mol. The van der Waals surface area contributed by atoms with E-state index in [0.29, 0.717) is 6.42 Å². The van der Waals surface area contributed by atoms with Crippen LogP contribution in [0.3, 0.4) is 0 Å². The summed E-state index contributed by atoms with van der Waals surface area (Å²) < 4.78 is 62.4. The van der Waals surface area contributed by atoms with Crippen LogP contribution >= 0.6 is 35.2 Å². The molecule has 0 aromatic carbocycles. The van der Waals surface area contributed by atoms with E-state index < -0.39 is 90.7 Å². The number of nitrogens with zero attached hydrogens (tertiary/aromatic N) is 4. The molecule has 3 heterocycles. The zero-order chi connectivity index (χ0) is 52.0. The van der Waals surface area contributed by atoms with Crippen LogP contribution < -0.4 is 16.4 Å². The SMILES string of the molecule is CC/C=C\C/C=C\C/C=C\C/C=C\CCCC[C@H](O)CC(=O)SCCNC(=O)CCNC(=O)[C@H](O)C(C)(C)COP(=O)(O)OP(=O)(O)OC[C@H]1O[C@@H](n2cnc3c(N)ncnc32)[C@H](O)[C@@H]1OP(=O)(O)O. The molecular weight excluding hydrogens is 1000 g/mol. The van der Waals surface area contributed by atoms with Crippen molar-refractivity contribution in [2.24, 2.45) is 5.41 Å². The van der Waals surface area contributed by atoms with E-state index >= 15 is 0 Å². The molecule has 394 valence electrons. The third-order valence-corrected chi connectivity index (χ3v) is 14.0. The number of phosphoric acid groups is 3. The van der Waals surface area contributed by atoms with Gasteiger partial charge in [-0.15, -0.1) is 0 Å². The number of amides is 2. The Bertz CT molecular complexity index is 2260. The van der Waals surface area contributed by atoms with E-state index in [9.17, 15) is 63.0 Å². The van der Waals surface area contributed by atoms with E-state index in [1.807, 2.05) is 0 Å². The Kier molecular flexibility index (Phi) is 25.9. The smallest absolute Gasteiger partial charge is 0.393 e. The largest absolute Gasteiger partial charge is 0.481 e. The van der Waals surface area contributed by atoms with E-state index in [2.05, 4.69) is 90.0 Å². The summed E-state index contributed by atoms with van der Waals surface area (Å²) in [6, 6.07) is 0. The molecule has 0 aliphatic carbocycles. The van der Waals surface area contributed by atoms with E-state index in [0.717, 1.165) is 73.9 Å². The highest BCUT2D eigenvalue weighted by atomic mass is 32.2. The van der Waals surface area contributed by atoms with Crippen molar-refractivity contribution in [3.05, 3.63) is 61.3 Å². The molecule has 2 aromatic heterocycles. The molecule has 1 aliphatic rings. The van der Waals surface area contributed by atoms with Crippen molar-refractivity contribution < 1.29 is 85.6 Å². The Balaban J connectivity index is 1.31. The molecule has 70 heavy (non-hydrogen) atoms. The van der Waals surface area contributed by atoms with Gasteiger partial charge in [0.25, 0.3) is 0 Å². The molecule has 2 amide bonds. The number of nitrogen functional groups attached to an aromatic ring is 1. The number of carbonyl (C=O) groups excluding carboxylic acids is 3. The number of thioether (sulfide) groups is 1. The van der Waals surface area contributed by atoms with Crippen LogP contribution in [0.2, 0.25) is 0 Å². The van der Waals surface area contributed by atoms with Crippen LogP contribution in [0.4, 0.5) is 5.82 Å². The summed E-state index contributed by atoms with van der Waals surface area (Å²) in [4.78, 5) is 88.4. The van der Waals surface area contributed by atoms with Crippen molar-refractivity contribution in [2.45, 2.75) is 122 Å². The van der Waals surface area contributed by atoms with Crippen molar-refractivity contribution in [2.75, 3.05) is 37.8 Å². The number of aromatic nitrogens is 4. The highest BCUT2D eigenvalue weighted by Gasteiger charge is 2.50. The zero-order valence-electron chi connectivity index (χ0n) is 39.1. The molecule has 0 spiro atoms. The number of aliphatic hydroxyl groups excluding tert-OH is 3. The van der Waals surface area contributed by atoms with Gasteiger partial charge in [0, 0.05) is 37.1 Å². The average molecular weight is 1070 g/mol. The van der Waals surface area contributed by atoms with Gasteiger partial charge < -0.3 is 56.0 Å². The molecule has 25 nitrogen and oxygen atoms in total. The maximum Gasteiger partial charge on any atom is 0.481 e. The van der Waals surface area contributed by atoms with E-state index in [1.165, 1.54) is 13.8 Å². The molecule has 0 saturated carbocycles.